The summed E-state index contributed by atoms with van der Waals surface area (Å²) >= 11 is 0. The molecule has 0 unspecified atom stereocenters. The van der Waals surface area contributed by atoms with E-state index in [1.54, 1.807) is 37.8 Å². The van der Waals surface area contributed by atoms with Crippen LogP contribution in [0, 0.1) is 12.7 Å². The number of rotatable bonds is 2. The van der Waals surface area contributed by atoms with Crippen LogP contribution < -0.4 is 0 Å². The average Bonchev–Trinajstić information content (AvgIpc) is 2.80. The third-order valence-corrected chi connectivity index (χ3v) is 3.75. The fraction of sp³-hybridized carbons (Fsp3) is 0.533. The van der Waals surface area contributed by atoms with Crippen LogP contribution in [0.2, 0.25) is 0 Å². The molecule has 3 nitrogen and oxygen atoms in total. The first-order valence-corrected chi connectivity index (χ1v) is 6.61. The standard InChI is InChI=1S/C15H20FNO2/c1-10-6-4-7-11(13(10)16)14(18)17-9-5-8-12(17)15(2,3)19/h4,6-7,12,19H,5,8-9H2,1-3H3/t12-/m0/s1. The van der Waals surface area contributed by atoms with Crippen LogP contribution in [-0.4, -0.2) is 34.1 Å². The molecule has 19 heavy (non-hydrogen) atoms. The van der Waals surface area contributed by atoms with E-state index in [4.69, 9.17) is 0 Å². The summed E-state index contributed by atoms with van der Waals surface area (Å²) in [5.41, 5.74) is -0.409. The number of likely N-dealkylation sites (tertiary alicyclic amines) is 1. The van der Waals surface area contributed by atoms with Crippen LogP contribution in [0.3, 0.4) is 0 Å². The highest BCUT2D eigenvalue weighted by Gasteiger charge is 2.39. The summed E-state index contributed by atoms with van der Waals surface area (Å²) in [6.45, 7) is 5.59. The fourth-order valence-electron chi connectivity index (χ4n) is 2.71. The number of hydrogen-bond donors (Lipinski definition) is 1. The van der Waals surface area contributed by atoms with E-state index in [-0.39, 0.29) is 17.5 Å². The topological polar surface area (TPSA) is 40.5 Å². The summed E-state index contributed by atoms with van der Waals surface area (Å²) in [5, 5.41) is 10.1. The Morgan fingerprint density at radius 2 is 2.16 bits per heavy atom. The molecule has 1 N–H and O–H groups in total. The van der Waals surface area contributed by atoms with Crippen molar-refractivity contribution in [2.24, 2.45) is 0 Å². The molecule has 0 spiro atoms. The zero-order valence-electron chi connectivity index (χ0n) is 11.6. The number of benzene rings is 1. The molecule has 1 aromatic rings. The lowest BCUT2D eigenvalue weighted by Crippen LogP contribution is -2.48. The number of aryl methyl sites for hydroxylation is 1. The normalized spacial score (nSPS) is 19.8. The largest absolute Gasteiger partial charge is 0.388 e. The van der Waals surface area contributed by atoms with E-state index in [1.807, 2.05) is 0 Å². The summed E-state index contributed by atoms with van der Waals surface area (Å²) in [6, 6.07) is 4.58. The zero-order valence-corrected chi connectivity index (χ0v) is 11.6. The molecule has 104 valence electrons. The number of aliphatic hydroxyl groups is 1. The monoisotopic (exact) mass is 265 g/mol. The van der Waals surface area contributed by atoms with E-state index in [2.05, 4.69) is 0 Å². The van der Waals surface area contributed by atoms with Gasteiger partial charge in [-0.1, -0.05) is 12.1 Å². The van der Waals surface area contributed by atoms with E-state index < -0.39 is 11.4 Å². The Bertz CT molecular complexity index is 493. The molecule has 1 fully saturated rings. The quantitative estimate of drug-likeness (QED) is 0.892. The van der Waals surface area contributed by atoms with Crippen LogP contribution in [0.15, 0.2) is 18.2 Å². The molecule has 2 rings (SSSR count). The van der Waals surface area contributed by atoms with E-state index in [1.165, 1.54) is 6.07 Å². The lowest BCUT2D eigenvalue weighted by atomic mass is 9.96. The lowest BCUT2D eigenvalue weighted by Gasteiger charge is -2.34. The summed E-state index contributed by atoms with van der Waals surface area (Å²) in [4.78, 5) is 14.0. The van der Waals surface area contributed by atoms with Crippen molar-refractivity contribution >= 4 is 5.91 Å². The van der Waals surface area contributed by atoms with Crippen molar-refractivity contribution in [3.8, 4) is 0 Å². The Hall–Kier alpha value is -1.42. The van der Waals surface area contributed by atoms with Gasteiger partial charge >= 0.3 is 0 Å². The minimum atomic E-state index is -0.966. The van der Waals surface area contributed by atoms with Crippen molar-refractivity contribution in [2.45, 2.75) is 45.3 Å². The van der Waals surface area contributed by atoms with Crippen LogP contribution in [0.1, 0.15) is 42.6 Å². The molecule has 0 aromatic heterocycles. The van der Waals surface area contributed by atoms with Crippen LogP contribution in [0.25, 0.3) is 0 Å². The summed E-state index contributed by atoms with van der Waals surface area (Å²) in [7, 11) is 0. The highest BCUT2D eigenvalue weighted by Crippen LogP contribution is 2.29. The Balaban J connectivity index is 2.31. The lowest BCUT2D eigenvalue weighted by molar-refractivity contribution is 0.000155. The molecular formula is C15H20FNO2. The first kappa shape index (κ1) is 14.0. The van der Waals surface area contributed by atoms with E-state index in [0.29, 0.717) is 12.1 Å². The van der Waals surface area contributed by atoms with Gasteiger partial charge in [-0.3, -0.25) is 4.79 Å². The molecular weight excluding hydrogens is 245 g/mol. The van der Waals surface area contributed by atoms with Crippen LogP contribution in [-0.2, 0) is 0 Å². The molecule has 1 atom stereocenters. The van der Waals surface area contributed by atoms with Crippen LogP contribution in [0.4, 0.5) is 4.39 Å². The van der Waals surface area contributed by atoms with Gasteiger partial charge in [0.2, 0.25) is 0 Å². The number of carbonyl (C=O) groups is 1. The number of carbonyl (C=O) groups excluding carboxylic acids is 1. The SMILES string of the molecule is Cc1cccc(C(=O)N2CCC[C@H]2C(C)(C)O)c1F. The Morgan fingerprint density at radius 1 is 1.47 bits per heavy atom. The third-order valence-electron chi connectivity index (χ3n) is 3.75. The van der Waals surface area contributed by atoms with E-state index in [9.17, 15) is 14.3 Å². The highest BCUT2D eigenvalue weighted by molar-refractivity contribution is 5.95. The molecule has 1 amide bonds. The Labute approximate surface area is 113 Å². The van der Waals surface area contributed by atoms with Gasteiger partial charge in [-0.15, -0.1) is 0 Å². The van der Waals surface area contributed by atoms with Crippen molar-refractivity contribution in [3.63, 3.8) is 0 Å². The third kappa shape index (κ3) is 2.63. The summed E-state index contributed by atoms with van der Waals surface area (Å²) in [6.07, 6.45) is 1.59. The molecule has 0 bridgehead atoms. The first-order chi connectivity index (χ1) is 8.82. The van der Waals surface area contributed by atoms with Gasteiger partial charge in [0.25, 0.3) is 5.91 Å². The van der Waals surface area contributed by atoms with Crippen LogP contribution >= 0.6 is 0 Å². The summed E-state index contributed by atoms with van der Waals surface area (Å²) in [5.74, 6) is -0.792. The van der Waals surface area contributed by atoms with Gasteiger partial charge in [-0.25, -0.2) is 4.39 Å². The molecule has 0 saturated carbocycles. The second-order valence-corrected chi connectivity index (χ2v) is 5.75. The fourth-order valence-corrected chi connectivity index (χ4v) is 2.71. The minimum absolute atomic E-state index is 0.0937. The molecule has 1 aromatic carbocycles. The highest BCUT2D eigenvalue weighted by atomic mass is 19.1. The van der Waals surface area contributed by atoms with Gasteiger partial charge in [0.05, 0.1) is 17.2 Å². The number of nitrogens with zero attached hydrogens (tertiary/aromatic N) is 1. The van der Waals surface area contributed by atoms with Gasteiger partial charge in [-0.05, 0) is 45.2 Å². The Kier molecular flexibility index (Phi) is 3.63. The van der Waals surface area contributed by atoms with Crippen molar-refractivity contribution in [1.82, 2.24) is 4.90 Å². The van der Waals surface area contributed by atoms with Gasteiger partial charge < -0.3 is 10.0 Å². The van der Waals surface area contributed by atoms with Crippen molar-refractivity contribution in [1.29, 1.82) is 0 Å². The average molecular weight is 265 g/mol. The van der Waals surface area contributed by atoms with Gasteiger partial charge in [0.15, 0.2) is 0 Å². The molecule has 1 aliphatic heterocycles. The predicted molar refractivity (Wildman–Crippen MR) is 71.5 cm³/mol. The zero-order chi connectivity index (χ0) is 14.2. The van der Waals surface area contributed by atoms with Crippen molar-refractivity contribution in [3.05, 3.63) is 35.1 Å². The molecule has 0 radical (unpaired) electrons. The maximum atomic E-state index is 14.0. The number of amides is 1. The maximum absolute atomic E-state index is 14.0. The Morgan fingerprint density at radius 3 is 2.79 bits per heavy atom. The predicted octanol–water partition coefficient (Wildman–Crippen LogP) is 2.51. The second kappa shape index (κ2) is 4.93. The smallest absolute Gasteiger partial charge is 0.257 e. The molecule has 4 heteroatoms. The minimum Gasteiger partial charge on any atom is -0.388 e. The van der Waals surface area contributed by atoms with E-state index in [0.717, 1.165) is 12.8 Å². The van der Waals surface area contributed by atoms with Crippen molar-refractivity contribution < 1.29 is 14.3 Å². The molecule has 0 aliphatic carbocycles. The van der Waals surface area contributed by atoms with Gasteiger partial charge in [0.1, 0.15) is 5.82 Å². The van der Waals surface area contributed by atoms with Gasteiger partial charge in [0, 0.05) is 6.54 Å². The van der Waals surface area contributed by atoms with Gasteiger partial charge in [-0.2, -0.15) is 0 Å². The van der Waals surface area contributed by atoms with Crippen molar-refractivity contribution in [2.75, 3.05) is 6.54 Å². The van der Waals surface area contributed by atoms with E-state index >= 15 is 0 Å². The first-order valence-electron chi connectivity index (χ1n) is 6.61. The summed E-state index contributed by atoms with van der Waals surface area (Å²) < 4.78 is 14.0. The second-order valence-electron chi connectivity index (χ2n) is 5.75. The molecule has 1 saturated heterocycles. The number of halogens is 1. The number of hydrogen-bond acceptors (Lipinski definition) is 2. The van der Waals surface area contributed by atoms with Crippen LogP contribution in [0.5, 0.6) is 0 Å². The molecule has 1 heterocycles. The maximum Gasteiger partial charge on any atom is 0.257 e. The molecule has 1 aliphatic rings.